The Morgan fingerprint density at radius 3 is 2.38 bits per heavy atom. The fourth-order valence-electron chi connectivity index (χ4n) is 3.19. The van der Waals surface area contributed by atoms with Gasteiger partial charge in [-0.25, -0.2) is 0 Å². The Kier molecular flexibility index (Phi) is 5.23. The standard InChI is InChI=1S/C17H25NO3/c1-11-7-12(2)9-15(8-11)21-17(20)16(18)10-13-3-5-14(19)6-4-13/h3-6,11-12,15-16,19H,7-10,18H2,1-2H3/t11?,12?,15?,16-/m0/s1. The third kappa shape index (κ3) is 4.74. The summed E-state index contributed by atoms with van der Waals surface area (Å²) in [6.45, 7) is 4.40. The van der Waals surface area contributed by atoms with Gasteiger partial charge < -0.3 is 15.6 Å². The minimum absolute atomic E-state index is 0.00196. The molecule has 0 radical (unpaired) electrons. The van der Waals surface area contributed by atoms with Crippen molar-refractivity contribution in [1.82, 2.24) is 0 Å². The van der Waals surface area contributed by atoms with Crippen LogP contribution in [0.2, 0.25) is 0 Å². The van der Waals surface area contributed by atoms with Crippen LogP contribution in [-0.4, -0.2) is 23.2 Å². The molecule has 1 aromatic rings. The molecule has 3 N–H and O–H groups in total. The van der Waals surface area contributed by atoms with Crippen LogP contribution in [0.1, 0.15) is 38.7 Å². The number of ether oxygens (including phenoxy) is 1. The van der Waals surface area contributed by atoms with Crippen molar-refractivity contribution in [3.8, 4) is 5.75 Å². The third-order valence-electron chi connectivity index (χ3n) is 4.11. The molecule has 1 aliphatic rings. The summed E-state index contributed by atoms with van der Waals surface area (Å²) >= 11 is 0. The molecule has 1 fully saturated rings. The lowest BCUT2D eigenvalue weighted by atomic mass is 9.82. The number of hydrogen-bond donors (Lipinski definition) is 2. The van der Waals surface area contributed by atoms with E-state index in [-0.39, 0.29) is 17.8 Å². The van der Waals surface area contributed by atoms with E-state index in [0.29, 0.717) is 18.3 Å². The number of phenolic OH excluding ortho intramolecular Hbond substituents is 1. The highest BCUT2D eigenvalue weighted by atomic mass is 16.5. The Morgan fingerprint density at radius 1 is 1.24 bits per heavy atom. The maximum Gasteiger partial charge on any atom is 0.323 e. The van der Waals surface area contributed by atoms with Gasteiger partial charge in [0.1, 0.15) is 17.9 Å². The number of nitrogens with two attached hydrogens (primary N) is 1. The van der Waals surface area contributed by atoms with Crippen LogP contribution < -0.4 is 5.73 Å². The summed E-state index contributed by atoms with van der Waals surface area (Å²) in [5.41, 5.74) is 6.86. The zero-order valence-electron chi connectivity index (χ0n) is 12.8. The van der Waals surface area contributed by atoms with Gasteiger partial charge in [-0.15, -0.1) is 0 Å². The summed E-state index contributed by atoms with van der Waals surface area (Å²) in [6, 6.07) is 6.08. The number of hydrogen-bond acceptors (Lipinski definition) is 4. The summed E-state index contributed by atoms with van der Waals surface area (Å²) in [7, 11) is 0. The molecule has 2 unspecified atom stereocenters. The Bertz CT molecular complexity index is 461. The Hall–Kier alpha value is -1.55. The quantitative estimate of drug-likeness (QED) is 0.836. The molecule has 0 heterocycles. The third-order valence-corrected chi connectivity index (χ3v) is 4.11. The second-order valence-electron chi connectivity index (χ2n) is 6.45. The topological polar surface area (TPSA) is 72.5 Å². The van der Waals surface area contributed by atoms with E-state index in [2.05, 4.69) is 13.8 Å². The fraction of sp³-hybridized carbons (Fsp3) is 0.588. The van der Waals surface area contributed by atoms with Crippen LogP contribution >= 0.6 is 0 Å². The zero-order valence-corrected chi connectivity index (χ0v) is 12.8. The largest absolute Gasteiger partial charge is 0.508 e. The van der Waals surface area contributed by atoms with E-state index in [1.165, 1.54) is 6.42 Å². The monoisotopic (exact) mass is 291 g/mol. The first-order valence-corrected chi connectivity index (χ1v) is 7.68. The zero-order chi connectivity index (χ0) is 15.4. The molecule has 2 rings (SSSR count). The summed E-state index contributed by atoms with van der Waals surface area (Å²) in [5.74, 6) is 1.08. The summed E-state index contributed by atoms with van der Waals surface area (Å²) in [6.07, 6.45) is 3.50. The predicted molar refractivity (Wildman–Crippen MR) is 81.8 cm³/mol. The lowest BCUT2D eigenvalue weighted by molar-refractivity contribution is -0.153. The smallest absolute Gasteiger partial charge is 0.323 e. The minimum Gasteiger partial charge on any atom is -0.508 e. The lowest BCUT2D eigenvalue weighted by Crippen LogP contribution is -2.38. The number of esters is 1. The van der Waals surface area contributed by atoms with Gasteiger partial charge in [0.15, 0.2) is 0 Å². The number of carbonyl (C=O) groups is 1. The van der Waals surface area contributed by atoms with Gasteiger partial charge in [0.2, 0.25) is 0 Å². The minimum atomic E-state index is -0.651. The number of rotatable bonds is 4. The van der Waals surface area contributed by atoms with Gasteiger partial charge in [0.05, 0.1) is 0 Å². The normalized spacial score (nSPS) is 27.1. The van der Waals surface area contributed by atoms with E-state index in [4.69, 9.17) is 10.5 Å². The van der Waals surface area contributed by atoms with Gasteiger partial charge in [-0.3, -0.25) is 4.79 Å². The molecular formula is C17H25NO3. The van der Waals surface area contributed by atoms with Crippen LogP contribution in [0.3, 0.4) is 0 Å². The molecule has 0 saturated heterocycles. The summed E-state index contributed by atoms with van der Waals surface area (Å²) < 4.78 is 5.58. The molecular weight excluding hydrogens is 266 g/mol. The van der Waals surface area contributed by atoms with E-state index in [0.717, 1.165) is 18.4 Å². The molecule has 0 aliphatic heterocycles. The first-order chi connectivity index (χ1) is 9.94. The molecule has 1 saturated carbocycles. The number of phenols is 1. The molecule has 0 spiro atoms. The number of benzene rings is 1. The van der Waals surface area contributed by atoms with Crippen LogP contribution in [0.15, 0.2) is 24.3 Å². The maximum absolute atomic E-state index is 12.1. The van der Waals surface area contributed by atoms with E-state index in [1.807, 2.05) is 0 Å². The molecule has 4 heteroatoms. The van der Waals surface area contributed by atoms with Crippen LogP contribution in [-0.2, 0) is 16.0 Å². The molecule has 116 valence electrons. The molecule has 21 heavy (non-hydrogen) atoms. The van der Waals surface area contributed by atoms with Gasteiger partial charge >= 0.3 is 5.97 Å². The van der Waals surface area contributed by atoms with E-state index in [1.54, 1.807) is 24.3 Å². The molecule has 3 atom stereocenters. The van der Waals surface area contributed by atoms with Crippen LogP contribution in [0, 0.1) is 11.8 Å². The lowest BCUT2D eigenvalue weighted by Gasteiger charge is -2.31. The predicted octanol–water partition coefficient (Wildman–Crippen LogP) is 2.63. The van der Waals surface area contributed by atoms with Gasteiger partial charge in [-0.1, -0.05) is 26.0 Å². The van der Waals surface area contributed by atoms with E-state index >= 15 is 0 Å². The van der Waals surface area contributed by atoms with Crippen LogP contribution in [0.4, 0.5) is 0 Å². The summed E-state index contributed by atoms with van der Waals surface area (Å²) in [5, 5.41) is 9.24. The second kappa shape index (κ2) is 6.94. The van der Waals surface area contributed by atoms with Crippen molar-refractivity contribution in [3.63, 3.8) is 0 Å². The average molecular weight is 291 g/mol. The van der Waals surface area contributed by atoms with Crippen LogP contribution in [0.25, 0.3) is 0 Å². The van der Waals surface area contributed by atoms with Gasteiger partial charge in [-0.2, -0.15) is 0 Å². The van der Waals surface area contributed by atoms with E-state index in [9.17, 15) is 9.90 Å². The maximum atomic E-state index is 12.1. The van der Waals surface area contributed by atoms with E-state index < -0.39 is 6.04 Å². The molecule has 0 aromatic heterocycles. The average Bonchev–Trinajstić information content (AvgIpc) is 2.40. The van der Waals surface area contributed by atoms with Gasteiger partial charge in [-0.05, 0) is 55.2 Å². The van der Waals surface area contributed by atoms with Crippen LogP contribution in [0.5, 0.6) is 5.75 Å². The fourth-order valence-corrected chi connectivity index (χ4v) is 3.19. The molecule has 1 aliphatic carbocycles. The Balaban J connectivity index is 1.86. The number of carbonyl (C=O) groups excluding carboxylic acids is 1. The molecule has 0 amide bonds. The Labute approximate surface area is 126 Å². The highest BCUT2D eigenvalue weighted by molar-refractivity contribution is 5.76. The SMILES string of the molecule is CC1CC(C)CC(OC(=O)[C@@H](N)Cc2ccc(O)cc2)C1. The first-order valence-electron chi connectivity index (χ1n) is 7.68. The van der Waals surface area contributed by atoms with Crippen molar-refractivity contribution in [1.29, 1.82) is 0 Å². The summed E-state index contributed by atoms with van der Waals surface area (Å²) in [4.78, 5) is 12.1. The highest BCUT2D eigenvalue weighted by Gasteiger charge is 2.28. The van der Waals surface area contributed by atoms with Gasteiger partial charge in [0, 0.05) is 0 Å². The van der Waals surface area contributed by atoms with Crippen molar-refractivity contribution >= 4 is 5.97 Å². The van der Waals surface area contributed by atoms with Crippen molar-refractivity contribution in [2.24, 2.45) is 17.6 Å². The van der Waals surface area contributed by atoms with Crippen molar-refractivity contribution in [2.45, 2.75) is 51.7 Å². The number of aromatic hydroxyl groups is 1. The van der Waals surface area contributed by atoms with Crippen molar-refractivity contribution in [3.05, 3.63) is 29.8 Å². The van der Waals surface area contributed by atoms with Crippen molar-refractivity contribution < 1.29 is 14.6 Å². The highest BCUT2D eigenvalue weighted by Crippen LogP contribution is 2.30. The Morgan fingerprint density at radius 2 is 1.81 bits per heavy atom. The first kappa shape index (κ1) is 15.8. The molecule has 4 nitrogen and oxygen atoms in total. The molecule has 1 aromatic carbocycles. The van der Waals surface area contributed by atoms with Crippen molar-refractivity contribution in [2.75, 3.05) is 0 Å². The second-order valence-corrected chi connectivity index (χ2v) is 6.45. The van der Waals surface area contributed by atoms with Gasteiger partial charge in [0.25, 0.3) is 0 Å². The molecule has 0 bridgehead atoms.